The molecule has 0 spiro atoms. The van der Waals surface area contributed by atoms with E-state index in [1.165, 1.54) is 11.1 Å². The van der Waals surface area contributed by atoms with Gasteiger partial charge in [-0.05, 0) is 49.4 Å². The summed E-state index contributed by atoms with van der Waals surface area (Å²) in [4.78, 5) is 18.8. The van der Waals surface area contributed by atoms with Gasteiger partial charge in [0.05, 0.1) is 12.6 Å². The minimum atomic E-state index is -0.231. The second-order valence-corrected chi connectivity index (χ2v) is 7.37. The first-order valence-electron chi connectivity index (χ1n) is 9.39. The number of hydrogen-bond donors (Lipinski definition) is 1. The number of rotatable bonds is 5. The van der Waals surface area contributed by atoms with Gasteiger partial charge in [-0.15, -0.1) is 0 Å². The summed E-state index contributed by atoms with van der Waals surface area (Å²) >= 11 is 0. The number of fused-ring (bicyclic) bond motifs is 1. The number of carbonyl (C=O) groups excluding carboxylic acids is 1. The molecule has 1 aliphatic carbocycles. The van der Waals surface area contributed by atoms with Crippen molar-refractivity contribution in [3.63, 3.8) is 0 Å². The van der Waals surface area contributed by atoms with E-state index >= 15 is 0 Å². The molecule has 1 amide bonds. The van der Waals surface area contributed by atoms with E-state index in [0.29, 0.717) is 5.89 Å². The van der Waals surface area contributed by atoms with Crippen molar-refractivity contribution in [1.82, 2.24) is 20.4 Å². The number of benzene rings is 1. The van der Waals surface area contributed by atoms with Crippen LogP contribution in [-0.2, 0) is 13.0 Å². The Balaban J connectivity index is 1.29. The fourth-order valence-corrected chi connectivity index (χ4v) is 3.81. The number of ether oxygens (including phenoxy) is 1. The van der Waals surface area contributed by atoms with Crippen LogP contribution in [0.2, 0.25) is 0 Å². The highest BCUT2D eigenvalue weighted by Gasteiger charge is 2.32. The molecular weight excluding hydrogens is 332 g/mol. The number of aromatic nitrogens is 2. The minimum Gasteiger partial charge on any atom is -0.493 e. The first kappa shape index (κ1) is 15.8. The molecule has 2 fully saturated rings. The maximum atomic E-state index is 12.1. The van der Waals surface area contributed by atoms with Gasteiger partial charge in [0.2, 0.25) is 5.89 Å². The van der Waals surface area contributed by atoms with Crippen LogP contribution in [0.15, 0.2) is 22.7 Å². The molecule has 0 radical (unpaired) electrons. The zero-order valence-electron chi connectivity index (χ0n) is 14.6. The minimum absolute atomic E-state index is 0.0782. The normalized spacial score (nSPS) is 22.2. The smallest absolute Gasteiger partial charge is 0.292 e. The van der Waals surface area contributed by atoms with Crippen LogP contribution < -0.4 is 10.1 Å². The molecule has 1 saturated carbocycles. The van der Waals surface area contributed by atoms with Crippen molar-refractivity contribution in [2.24, 2.45) is 0 Å². The molecule has 1 saturated heterocycles. The number of nitrogens with one attached hydrogen (secondary N) is 1. The van der Waals surface area contributed by atoms with Crippen LogP contribution in [0.1, 0.15) is 59.4 Å². The molecular formula is C19H22N4O3. The summed E-state index contributed by atoms with van der Waals surface area (Å²) < 4.78 is 11.0. The van der Waals surface area contributed by atoms with Crippen LogP contribution in [0, 0.1) is 0 Å². The highest BCUT2D eigenvalue weighted by Crippen LogP contribution is 2.33. The Morgan fingerprint density at radius 2 is 2.23 bits per heavy atom. The van der Waals surface area contributed by atoms with E-state index < -0.39 is 0 Å². The molecule has 1 aromatic carbocycles. The third kappa shape index (κ3) is 3.07. The van der Waals surface area contributed by atoms with Crippen molar-refractivity contribution >= 4 is 5.91 Å². The summed E-state index contributed by atoms with van der Waals surface area (Å²) in [5, 5.41) is 6.79. The van der Waals surface area contributed by atoms with Gasteiger partial charge in [-0.2, -0.15) is 4.98 Å². The Hall–Kier alpha value is -2.41. The Labute approximate surface area is 151 Å². The fourth-order valence-electron chi connectivity index (χ4n) is 3.81. The second kappa shape index (κ2) is 6.39. The zero-order valence-corrected chi connectivity index (χ0v) is 14.6. The van der Waals surface area contributed by atoms with Crippen LogP contribution in [0.5, 0.6) is 5.75 Å². The summed E-state index contributed by atoms with van der Waals surface area (Å²) in [6, 6.07) is 6.79. The van der Waals surface area contributed by atoms with Crippen molar-refractivity contribution in [3.8, 4) is 5.75 Å². The van der Waals surface area contributed by atoms with E-state index in [4.69, 9.17) is 9.26 Å². The average molecular weight is 354 g/mol. The van der Waals surface area contributed by atoms with E-state index in [0.717, 1.165) is 57.6 Å². The van der Waals surface area contributed by atoms with Crippen molar-refractivity contribution in [2.45, 2.75) is 50.7 Å². The molecule has 7 heteroatoms. The average Bonchev–Trinajstić information content (AvgIpc) is 3.08. The Morgan fingerprint density at radius 3 is 3.12 bits per heavy atom. The maximum Gasteiger partial charge on any atom is 0.292 e. The van der Waals surface area contributed by atoms with Gasteiger partial charge in [0.1, 0.15) is 5.75 Å². The van der Waals surface area contributed by atoms with Gasteiger partial charge in [-0.3, -0.25) is 9.69 Å². The van der Waals surface area contributed by atoms with Gasteiger partial charge in [0.25, 0.3) is 11.7 Å². The SMILES string of the molecule is O=C(NC1CC1)c1noc(C2CCCN2Cc2ccc3c(c2)CCO3)n1. The molecule has 7 nitrogen and oxygen atoms in total. The molecule has 0 bridgehead atoms. The Kier molecular flexibility index (Phi) is 3.89. The van der Waals surface area contributed by atoms with Gasteiger partial charge in [0, 0.05) is 19.0 Å². The summed E-state index contributed by atoms with van der Waals surface area (Å²) in [5.41, 5.74) is 2.56. The lowest BCUT2D eigenvalue weighted by molar-refractivity contribution is 0.0937. The lowest BCUT2D eigenvalue weighted by atomic mass is 10.1. The van der Waals surface area contributed by atoms with E-state index in [1.807, 2.05) is 0 Å². The molecule has 2 aromatic rings. The van der Waals surface area contributed by atoms with E-state index in [1.54, 1.807) is 0 Å². The highest BCUT2D eigenvalue weighted by molar-refractivity contribution is 5.90. The third-order valence-electron chi connectivity index (χ3n) is 5.35. The monoisotopic (exact) mass is 354 g/mol. The Morgan fingerprint density at radius 1 is 1.31 bits per heavy atom. The summed E-state index contributed by atoms with van der Waals surface area (Å²) in [5.74, 6) is 1.47. The number of nitrogens with zero attached hydrogens (tertiary/aromatic N) is 3. The van der Waals surface area contributed by atoms with Crippen LogP contribution in [0.3, 0.4) is 0 Å². The van der Waals surface area contributed by atoms with Crippen LogP contribution in [-0.4, -0.2) is 40.1 Å². The molecule has 3 heterocycles. The van der Waals surface area contributed by atoms with Gasteiger partial charge in [-0.25, -0.2) is 0 Å². The molecule has 1 unspecified atom stereocenters. The molecule has 136 valence electrons. The van der Waals surface area contributed by atoms with E-state index in [9.17, 15) is 4.79 Å². The lowest BCUT2D eigenvalue weighted by Gasteiger charge is -2.21. The first-order chi connectivity index (χ1) is 12.8. The molecule has 2 aliphatic heterocycles. The molecule has 1 atom stereocenters. The van der Waals surface area contributed by atoms with Crippen LogP contribution in [0.25, 0.3) is 0 Å². The van der Waals surface area contributed by atoms with Crippen molar-refractivity contribution in [1.29, 1.82) is 0 Å². The van der Waals surface area contributed by atoms with Gasteiger partial charge in [0.15, 0.2) is 0 Å². The number of carbonyl (C=O) groups is 1. The van der Waals surface area contributed by atoms with E-state index in [2.05, 4.69) is 38.6 Å². The number of amides is 1. The molecule has 26 heavy (non-hydrogen) atoms. The quantitative estimate of drug-likeness (QED) is 0.887. The summed E-state index contributed by atoms with van der Waals surface area (Å²) in [6.07, 6.45) is 5.12. The standard InChI is InChI=1S/C19H22N4O3/c24-18(20-14-4-5-14)17-21-19(26-22-17)15-2-1-8-23(15)11-12-3-6-16-13(10-12)7-9-25-16/h3,6,10,14-15H,1-2,4-5,7-9,11H2,(H,20,24). The van der Waals surface area contributed by atoms with Gasteiger partial charge >= 0.3 is 0 Å². The van der Waals surface area contributed by atoms with Crippen molar-refractivity contribution < 1.29 is 14.1 Å². The lowest BCUT2D eigenvalue weighted by Crippen LogP contribution is -2.27. The topological polar surface area (TPSA) is 80.5 Å². The molecule has 1 aromatic heterocycles. The highest BCUT2D eigenvalue weighted by atomic mass is 16.5. The summed E-state index contributed by atoms with van der Waals surface area (Å²) in [6.45, 7) is 2.60. The number of hydrogen-bond acceptors (Lipinski definition) is 6. The maximum absolute atomic E-state index is 12.1. The first-order valence-corrected chi connectivity index (χ1v) is 9.39. The van der Waals surface area contributed by atoms with E-state index in [-0.39, 0.29) is 23.8 Å². The van der Waals surface area contributed by atoms with Crippen LogP contribution in [0.4, 0.5) is 0 Å². The van der Waals surface area contributed by atoms with Gasteiger partial charge < -0.3 is 14.6 Å². The number of likely N-dealkylation sites (tertiary alicyclic amines) is 1. The fraction of sp³-hybridized carbons (Fsp3) is 0.526. The summed E-state index contributed by atoms with van der Waals surface area (Å²) in [7, 11) is 0. The van der Waals surface area contributed by atoms with Crippen LogP contribution >= 0.6 is 0 Å². The largest absolute Gasteiger partial charge is 0.493 e. The molecule has 1 N–H and O–H groups in total. The van der Waals surface area contributed by atoms with Gasteiger partial charge in [-0.1, -0.05) is 17.3 Å². The Bertz CT molecular complexity index is 830. The second-order valence-electron chi connectivity index (χ2n) is 7.37. The third-order valence-corrected chi connectivity index (χ3v) is 5.35. The zero-order chi connectivity index (χ0) is 17.5. The predicted octanol–water partition coefficient (Wildman–Crippen LogP) is 2.23. The predicted molar refractivity (Wildman–Crippen MR) is 92.8 cm³/mol. The van der Waals surface area contributed by atoms with Crippen molar-refractivity contribution in [3.05, 3.63) is 41.0 Å². The molecule has 5 rings (SSSR count). The van der Waals surface area contributed by atoms with Crippen molar-refractivity contribution in [2.75, 3.05) is 13.2 Å². The molecule has 3 aliphatic rings.